The van der Waals surface area contributed by atoms with E-state index >= 15 is 0 Å². The zero-order valence-electron chi connectivity index (χ0n) is 18.1. The first kappa shape index (κ1) is 30.1. The summed E-state index contributed by atoms with van der Waals surface area (Å²) in [6.45, 7) is 0.343. The van der Waals surface area contributed by atoms with E-state index in [0.717, 1.165) is 0 Å². The molecule has 5 amide bonds. The van der Waals surface area contributed by atoms with Crippen molar-refractivity contribution in [3.63, 3.8) is 0 Å². The third-order valence-electron chi connectivity index (χ3n) is 4.45. The number of carbonyl (C=O) groups excluding carboxylic acids is 5. The number of aliphatic carboxylic acids is 1. The fourth-order valence-electron chi connectivity index (χ4n) is 2.62. The Bertz CT molecular complexity index is 722. The molecule has 14 nitrogen and oxygen atoms in total. The highest BCUT2D eigenvalue weighted by Crippen LogP contribution is 2.05. The lowest BCUT2D eigenvalue weighted by Crippen LogP contribution is -2.58. The molecule has 0 fully saturated rings. The summed E-state index contributed by atoms with van der Waals surface area (Å²) in [5, 5.41) is 16.1. The summed E-state index contributed by atoms with van der Waals surface area (Å²) in [4.78, 5) is 71.4. The lowest BCUT2D eigenvalue weighted by Gasteiger charge is -2.24. The first-order valence-electron chi connectivity index (χ1n) is 10.2. The van der Waals surface area contributed by atoms with Gasteiger partial charge in [-0.05, 0) is 32.2 Å². The van der Waals surface area contributed by atoms with E-state index in [-0.39, 0.29) is 25.0 Å². The summed E-state index contributed by atoms with van der Waals surface area (Å²) in [6, 6.07) is -5.18. The predicted octanol–water partition coefficient (Wildman–Crippen LogP) is -3.95. The molecule has 0 aliphatic heterocycles. The first-order chi connectivity index (χ1) is 15.4. The third-order valence-corrected chi connectivity index (χ3v) is 4.84. The van der Waals surface area contributed by atoms with E-state index in [2.05, 4.69) is 28.6 Å². The molecule has 12 N–H and O–H groups in total. The summed E-state index contributed by atoms with van der Waals surface area (Å²) < 4.78 is 0. The number of thiol groups is 1. The van der Waals surface area contributed by atoms with Gasteiger partial charge in [0.1, 0.15) is 18.1 Å². The maximum absolute atomic E-state index is 12.7. The molecule has 0 radical (unpaired) electrons. The van der Waals surface area contributed by atoms with Crippen molar-refractivity contribution >= 4 is 48.1 Å². The average Bonchev–Trinajstić information content (AvgIpc) is 2.73. The van der Waals surface area contributed by atoms with E-state index in [4.69, 9.17) is 22.9 Å². The van der Waals surface area contributed by atoms with Crippen molar-refractivity contribution in [1.29, 1.82) is 0 Å². The maximum atomic E-state index is 12.7. The van der Waals surface area contributed by atoms with Gasteiger partial charge in [-0.2, -0.15) is 12.6 Å². The Morgan fingerprint density at radius 1 is 0.788 bits per heavy atom. The Hall–Kier alpha value is -2.91. The molecular weight excluding hydrogens is 458 g/mol. The van der Waals surface area contributed by atoms with Gasteiger partial charge in [0.05, 0.1) is 12.5 Å². The van der Waals surface area contributed by atoms with Gasteiger partial charge in [-0.1, -0.05) is 0 Å². The molecule has 0 rings (SSSR count). The van der Waals surface area contributed by atoms with E-state index in [0.29, 0.717) is 19.4 Å². The van der Waals surface area contributed by atoms with E-state index in [1.54, 1.807) is 0 Å². The second-order valence-corrected chi connectivity index (χ2v) is 7.64. The van der Waals surface area contributed by atoms with E-state index in [1.807, 2.05) is 0 Å². The minimum atomic E-state index is -1.53. The highest BCUT2D eigenvalue weighted by atomic mass is 32.1. The highest BCUT2D eigenvalue weighted by Gasteiger charge is 2.31. The van der Waals surface area contributed by atoms with Gasteiger partial charge in [0.2, 0.25) is 29.5 Å². The minimum Gasteiger partial charge on any atom is -0.480 e. The molecule has 0 aliphatic carbocycles. The molecule has 0 spiro atoms. The van der Waals surface area contributed by atoms with E-state index in [1.165, 1.54) is 0 Å². The second kappa shape index (κ2) is 15.8. The Kier molecular flexibility index (Phi) is 14.4. The molecular formula is C18H33N7O7S. The van der Waals surface area contributed by atoms with Crippen LogP contribution < -0.4 is 38.9 Å². The number of primary amides is 2. The topological polar surface area (TPSA) is 263 Å². The Balaban J connectivity index is 5.47. The van der Waals surface area contributed by atoms with Crippen LogP contribution in [0.3, 0.4) is 0 Å². The largest absolute Gasteiger partial charge is 0.480 e. The summed E-state index contributed by atoms with van der Waals surface area (Å²) in [7, 11) is 0. The van der Waals surface area contributed by atoms with Gasteiger partial charge in [0, 0.05) is 12.2 Å². The number of carboxylic acids is 1. The molecule has 0 heterocycles. The number of rotatable bonds is 17. The lowest BCUT2D eigenvalue weighted by molar-refractivity contribution is -0.142. The molecule has 188 valence electrons. The minimum absolute atomic E-state index is 0.0244. The predicted molar refractivity (Wildman–Crippen MR) is 120 cm³/mol. The van der Waals surface area contributed by atoms with Crippen molar-refractivity contribution in [3.8, 4) is 0 Å². The molecule has 0 aromatic carbocycles. The highest BCUT2D eigenvalue weighted by molar-refractivity contribution is 7.80. The Morgan fingerprint density at radius 3 is 1.82 bits per heavy atom. The van der Waals surface area contributed by atoms with Gasteiger partial charge in [0.25, 0.3) is 0 Å². The molecule has 0 aromatic rings. The van der Waals surface area contributed by atoms with Gasteiger partial charge in [-0.15, -0.1) is 0 Å². The molecule has 0 saturated carbocycles. The number of hydrogen-bond acceptors (Lipinski definition) is 9. The SMILES string of the molecule is NCCCCC(NC(=O)C(CC(N)=O)NC(=O)C(CCC(N)=O)NC(=O)C(N)CS)C(=O)O. The van der Waals surface area contributed by atoms with Crippen LogP contribution in [0.4, 0.5) is 0 Å². The maximum Gasteiger partial charge on any atom is 0.326 e. The molecule has 4 unspecified atom stereocenters. The van der Waals surface area contributed by atoms with Crippen LogP contribution in [0.1, 0.15) is 38.5 Å². The molecule has 0 aliphatic rings. The van der Waals surface area contributed by atoms with E-state index in [9.17, 15) is 33.9 Å². The quantitative estimate of drug-likeness (QED) is 0.0708. The van der Waals surface area contributed by atoms with Crippen LogP contribution in [0.25, 0.3) is 0 Å². The third kappa shape index (κ3) is 12.6. The van der Waals surface area contributed by atoms with Crippen molar-refractivity contribution in [2.45, 2.75) is 62.7 Å². The number of carbonyl (C=O) groups is 6. The van der Waals surface area contributed by atoms with Crippen LogP contribution in [0.2, 0.25) is 0 Å². The number of unbranched alkanes of at least 4 members (excludes halogenated alkanes) is 1. The Labute approximate surface area is 196 Å². The van der Waals surface area contributed by atoms with Crippen molar-refractivity contribution in [2.75, 3.05) is 12.3 Å². The van der Waals surface area contributed by atoms with Crippen LogP contribution in [0, 0.1) is 0 Å². The van der Waals surface area contributed by atoms with Crippen LogP contribution in [-0.2, 0) is 28.8 Å². The molecule has 4 atom stereocenters. The standard InChI is InChI=1S/C18H33N7O7S/c19-6-2-1-3-11(18(31)32)24-17(30)12(7-14(22)27)25-16(29)10(4-5-13(21)26)23-15(28)9(20)8-33/h9-12,33H,1-8,19-20H2,(H2,21,26)(H2,22,27)(H,23,28)(H,24,30)(H,25,29)(H,31,32). The van der Waals surface area contributed by atoms with Gasteiger partial charge in [-0.3, -0.25) is 24.0 Å². The second-order valence-electron chi connectivity index (χ2n) is 7.27. The van der Waals surface area contributed by atoms with Crippen LogP contribution in [0.5, 0.6) is 0 Å². The lowest BCUT2D eigenvalue weighted by atomic mass is 10.1. The number of nitrogens with two attached hydrogens (primary N) is 4. The normalized spacial score (nSPS) is 14.3. The Morgan fingerprint density at radius 2 is 1.33 bits per heavy atom. The van der Waals surface area contributed by atoms with Crippen molar-refractivity contribution in [3.05, 3.63) is 0 Å². The molecule has 0 bridgehead atoms. The summed E-state index contributed by atoms with van der Waals surface area (Å²) in [5.41, 5.74) is 21.2. The smallest absolute Gasteiger partial charge is 0.326 e. The molecule has 33 heavy (non-hydrogen) atoms. The fourth-order valence-corrected chi connectivity index (χ4v) is 2.79. The van der Waals surface area contributed by atoms with Crippen molar-refractivity contribution in [1.82, 2.24) is 16.0 Å². The summed E-state index contributed by atoms with van der Waals surface area (Å²) in [5.74, 6) is -5.65. The number of hydrogen-bond donors (Lipinski definition) is 9. The van der Waals surface area contributed by atoms with Crippen molar-refractivity contribution in [2.24, 2.45) is 22.9 Å². The van der Waals surface area contributed by atoms with Gasteiger partial charge >= 0.3 is 5.97 Å². The zero-order chi connectivity index (χ0) is 25.6. The van der Waals surface area contributed by atoms with Gasteiger partial charge in [-0.25, -0.2) is 4.79 Å². The van der Waals surface area contributed by atoms with Gasteiger partial charge < -0.3 is 44.0 Å². The zero-order valence-corrected chi connectivity index (χ0v) is 19.0. The average molecular weight is 492 g/mol. The number of amides is 5. The monoisotopic (exact) mass is 491 g/mol. The fraction of sp³-hybridized carbons (Fsp3) is 0.667. The summed E-state index contributed by atoms with van der Waals surface area (Å²) >= 11 is 3.89. The number of nitrogens with one attached hydrogen (secondary N) is 3. The van der Waals surface area contributed by atoms with E-state index < -0.39 is 66.1 Å². The molecule has 15 heteroatoms. The molecule has 0 saturated heterocycles. The van der Waals surface area contributed by atoms with Crippen LogP contribution >= 0.6 is 12.6 Å². The van der Waals surface area contributed by atoms with Crippen LogP contribution in [0.15, 0.2) is 0 Å². The summed E-state index contributed by atoms with van der Waals surface area (Å²) in [6.07, 6.45) is -0.0882. The first-order valence-corrected chi connectivity index (χ1v) is 10.8. The van der Waals surface area contributed by atoms with Crippen LogP contribution in [-0.4, -0.2) is 77.1 Å². The molecule has 0 aromatic heterocycles. The van der Waals surface area contributed by atoms with Gasteiger partial charge in [0.15, 0.2) is 0 Å². The number of carboxylic acid groups (broad SMARTS) is 1. The van der Waals surface area contributed by atoms with Crippen molar-refractivity contribution < 1.29 is 33.9 Å².